The first-order valence-corrected chi connectivity index (χ1v) is 11.9. The van der Waals surface area contributed by atoms with Crippen molar-refractivity contribution in [1.82, 2.24) is 10.3 Å². The number of phenols is 1. The van der Waals surface area contributed by atoms with Crippen LogP contribution in [0.5, 0.6) is 5.75 Å². The zero-order chi connectivity index (χ0) is 24.7. The van der Waals surface area contributed by atoms with Gasteiger partial charge in [0.1, 0.15) is 17.3 Å². The van der Waals surface area contributed by atoms with Gasteiger partial charge in [0.15, 0.2) is 0 Å². The van der Waals surface area contributed by atoms with Gasteiger partial charge in [-0.2, -0.15) is 0 Å². The standard InChI is InChI=1S/C27H27FN2O5/c1-14-10-16(2-5-22(14)28)23-20-4-3-19(31)13-21(20)25(30-24(23)15-6-8-35-9-7-15)26(32)29-18-11-17(12-18)27(33)34/h2-5,10,13,15,17-18,31H,6-9,11-12H2,1H3,(H,29,32)(H,33,34). The molecule has 1 saturated carbocycles. The van der Waals surface area contributed by atoms with Crippen molar-refractivity contribution in [2.75, 3.05) is 13.2 Å². The fourth-order valence-corrected chi connectivity index (χ4v) is 5.05. The van der Waals surface area contributed by atoms with Crippen molar-refractivity contribution >= 4 is 22.6 Å². The van der Waals surface area contributed by atoms with Crippen LogP contribution >= 0.6 is 0 Å². The van der Waals surface area contributed by atoms with Gasteiger partial charge in [-0.1, -0.05) is 6.07 Å². The number of phenolic OH excluding ortho intramolecular Hbond substituents is 1. The summed E-state index contributed by atoms with van der Waals surface area (Å²) in [6, 6.07) is 9.55. The van der Waals surface area contributed by atoms with E-state index in [1.807, 2.05) is 0 Å². The third-order valence-electron chi connectivity index (χ3n) is 7.11. The molecule has 2 aliphatic rings. The molecule has 1 aromatic heterocycles. The highest BCUT2D eigenvalue weighted by molar-refractivity contribution is 6.10. The number of aromatic hydroxyl groups is 1. The summed E-state index contributed by atoms with van der Waals surface area (Å²) in [6.45, 7) is 2.88. The van der Waals surface area contributed by atoms with Crippen LogP contribution in [-0.2, 0) is 9.53 Å². The summed E-state index contributed by atoms with van der Waals surface area (Å²) in [4.78, 5) is 29.4. The molecule has 35 heavy (non-hydrogen) atoms. The highest BCUT2D eigenvalue weighted by Crippen LogP contribution is 2.41. The monoisotopic (exact) mass is 478 g/mol. The summed E-state index contributed by atoms with van der Waals surface area (Å²) in [7, 11) is 0. The Morgan fingerprint density at radius 2 is 1.83 bits per heavy atom. The first-order valence-electron chi connectivity index (χ1n) is 11.9. The van der Waals surface area contributed by atoms with Gasteiger partial charge in [-0.15, -0.1) is 0 Å². The Morgan fingerprint density at radius 1 is 1.09 bits per heavy atom. The number of carboxylic acid groups (broad SMARTS) is 1. The number of carboxylic acids is 1. The number of aromatic nitrogens is 1. The van der Waals surface area contributed by atoms with E-state index < -0.39 is 17.8 Å². The molecule has 7 nitrogen and oxygen atoms in total. The minimum Gasteiger partial charge on any atom is -0.508 e. The third kappa shape index (κ3) is 4.46. The molecule has 0 unspecified atom stereocenters. The lowest BCUT2D eigenvalue weighted by molar-refractivity contribution is -0.145. The van der Waals surface area contributed by atoms with Gasteiger partial charge in [0.05, 0.1) is 11.6 Å². The lowest BCUT2D eigenvalue weighted by Crippen LogP contribution is -2.47. The van der Waals surface area contributed by atoms with Gasteiger partial charge in [0.2, 0.25) is 0 Å². The van der Waals surface area contributed by atoms with Crippen LogP contribution in [0.2, 0.25) is 0 Å². The number of carbonyl (C=O) groups excluding carboxylic acids is 1. The van der Waals surface area contributed by atoms with E-state index in [1.54, 1.807) is 31.2 Å². The molecule has 8 heteroatoms. The molecular formula is C27H27FN2O5. The van der Waals surface area contributed by atoms with Crippen LogP contribution in [0, 0.1) is 18.7 Å². The maximum Gasteiger partial charge on any atom is 0.306 e. The average molecular weight is 479 g/mol. The van der Waals surface area contributed by atoms with Gasteiger partial charge in [-0.05, 0) is 79.5 Å². The number of halogens is 1. The van der Waals surface area contributed by atoms with Crippen molar-refractivity contribution in [1.29, 1.82) is 0 Å². The zero-order valence-electron chi connectivity index (χ0n) is 19.4. The Kier molecular flexibility index (Phi) is 6.15. The number of nitrogens with one attached hydrogen (secondary N) is 1. The number of fused-ring (bicyclic) bond motifs is 1. The minimum atomic E-state index is -0.857. The molecule has 3 N–H and O–H groups in total. The molecule has 1 amide bonds. The number of benzene rings is 2. The molecule has 1 aliphatic carbocycles. The normalized spacial score (nSPS) is 20.4. The van der Waals surface area contributed by atoms with Gasteiger partial charge < -0.3 is 20.3 Å². The van der Waals surface area contributed by atoms with E-state index >= 15 is 0 Å². The number of aliphatic carboxylic acids is 1. The smallest absolute Gasteiger partial charge is 0.306 e. The summed E-state index contributed by atoms with van der Waals surface area (Å²) in [6.07, 6.45) is 2.25. The number of hydrogen-bond donors (Lipinski definition) is 3. The van der Waals surface area contributed by atoms with Gasteiger partial charge >= 0.3 is 5.97 Å². The number of pyridine rings is 1. The van der Waals surface area contributed by atoms with Crippen LogP contribution in [0.1, 0.15) is 53.3 Å². The predicted octanol–water partition coefficient (Wildman–Crippen LogP) is 4.54. The molecule has 2 fully saturated rings. The highest BCUT2D eigenvalue weighted by atomic mass is 19.1. The Balaban J connectivity index is 1.65. The Bertz CT molecular complexity index is 1310. The molecule has 0 atom stereocenters. The van der Waals surface area contributed by atoms with Gasteiger partial charge in [0.25, 0.3) is 5.91 Å². The van der Waals surface area contributed by atoms with E-state index in [4.69, 9.17) is 14.8 Å². The van der Waals surface area contributed by atoms with Crippen LogP contribution in [0.3, 0.4) is 0 Å². The average Bonchev–Trinajstić information content (AvgIpc) is 2.82. The molecule has 0 radical (unpaired) electrons. The minimum absolute atomic E-state index is 0.00277. The lowest BCUT2D eigenvalue weighted by Gasteiger charge is -2.33. The molecule has 2 heterocycles. The van der Waals surface area contributed by atoms with E-state index in [0.29, 0.717) is 37.0 Å². The lowest BCUT2D eigenvalue weighted by atomic mass is 9.80. The van der Waals surface area contributed by atoms with Crippen LogP contribution < -0.4 is 5.32 Å². The molecule has 182 valence electrons. The number of hydrogen-bond acceptors (Lipinski definition) is 5. The number of aryl methyl sites for hydroxylation is 1. The quantitative estimate of drug-likeness (QED) is 0.497. The summed E-state index contributed by atoms with van der Waals surface area (Å²) in [5.41, 5.74) is 3.07. The zero-order valence-corrected chi connectivity index (χ0v) is 19.4. The van der Waals surface area contributed by atoms with Crippen molar-refractivity contribution < 1.29 is 28.9 Å². The number of amides is 1. The van der Waals surface area contributed by atoms with Crippen LogP contribution in [0.25, 0.3) is 21.9 Å². The second-order valence-electron chi connectivity index (χ2n) is 9.48. The molecule has 5 rings (SSSR count). The largest absolute Gasteiger partial charge is 0.508 e. The van der Waals surface area contributed by atoms with Gasteiger partial charge in [0, 0.05) is 36.1 Å². The second-order valence-corrected chi connectivity index (χ2v) is 9.48. The van der Waals surface area contributed by atoms with Crippen LogP contribution in [-0.4, -0.2) is 46.3 Å². The maximum atomic E-state index is 14.1. The first kappa shape index (κ1) is 23.2. The molecule has 2 aromatic carbocycles. The van der Waals surface area contributed by atoms with Crippen molar-refractivity contribution in [2.24, 2.45) is 5.92 Å². The second kappa shape index (κ2) is 9.26. The van der Waals surface area contributed by atoms with Crippen molar-refractivity contribution in [3.05, 3.63) is 59.2 Å². The fourth-order valence-electron chi connectivity index (χ4n) is 5.05. The number of rotatable bonds is 5. The van der Waals surface area contributed by atoms with E-state index in [2.05, 4.69) is 5.32 Å². The summed E-state index contributed by atoms with van der Waals surface area (Å²) in [5.74, 6) is -1.95. The molecule has 0 bridgehead atoms. The third-order valence-corrected chi connectivity index (χ3v) is 7.11. The molecule has 1 aliphatic heterocycles. The Labute approximate surface area is 201 Å². The van der Waals surface area contributed by atoms with E-state index in [-0.39, 0.29) is 29.2 Å². The number of nitrogens with zero attached hydrogens (tertiary/aromatic N) is 1. The molecule has 0 spiro atoms. The highest BCUT2D eigenvalue weighted by Gasteiger charge is 2.36. The summed E-state index contributed by atoms with van der Waals surface area (Å²) < 4.78 is 19.6. The van der Waals surface area contributed by atoms with Gasteiger partial charge in [-0.3, -0.25) is 9.59 Å². The predicted molar refractivity (Wildman–Crippen MR) is 128 cm³/mol. The van der Waals surface area contributed by atoms with E-state index in [9.17, 15) is 19.1 Å². The van der Waals surface area contributed by atoms with E-state index in [0.717, 1.165) is 35.0 Å². The Hall–Kier alpha value is -3.52. The summed E-state index contributed by atoms with van der Waals surface area (Å²) in [5, 5.41) is 23.5. The first-order chi connectivity index (χ1) is 16.8. The molecule has 1 saturated heterocycles. The number of carbonyl (C=O) groups is 2. The number of ether oxygens (including phenoxy) is 1. The van der Waals surface area contributed by atoms with Crippen molar-refractivity contribution in [3.63, 3.8) is 0 Å². The van der Waals surface area contributed by atoms with E-state index in [1.165, 1.54) is 12.1 Å². The maximum absolute atomic E-state index is 14.1. The van der Waals surface area contributed by atoms with Crippen LogP contribution in [0.4, 0.5) is 4.39 Å². The molecule has 3 aromatic rings. The molecular weight excluding hydrogens is 451 g/mol. The fraction of sp³-hybridized carbons (Fsp3) is 0.370. The van der Waals surface area contributed by atoms with Gasteiger partial charge in [-0.25, -0.2) is 9.37 Å². The SMILES string of the molecule is Cc1cc(-c2c(C3CCOCC3)nc(C(=O)NC3CC(C(=O)O)C3)c3cc(O)ccc23)ccc1F. The Morgan fingerprint density at radius 3 is 2.51 bits per heavy atom. The van der Waals surface area contributed by atoms with Crippen LogP contribution in [0.15, 0.2) is 36.4 Å². The topological polar surface area (TPSA) is 109 Å². The summed E-state index contributed by atoms with van der Waals surface area (Å²) >= 11 is 0. The van der Waals surface area contributed by atoms with Crippen molar-refractivity contribution in [3.8, 4) is 16.9 Å². The van der Waals surface area contributed by atoms with Crippen molar-refractivity contribution in [2.45, 2.75) is 44.6 Å².